The molecule has 0 bridgehead atoms. The summed E-state index contributed by atoms with van der Waals surface area (Å²) in [6.07, 6.45) is 1.01. The highest BCUT2D eigenvalue weighted by Gasteiger charge is 2.33. The maximum Gasteiger partial charge on any atom is 0.326 e. The van der Waals surface area contributed by atoms with Crippen LogP contribution in [-0.2, 0) is 14.4 Å². The fourth-order valence-corrected chi connectivity index (χ4v) is 2.38. The number of amides is 2. The maximum absolute atomic E-state index is 12.0. The SMILES string of the molecule is O=C(NCC(=O)N1CCC[C@H]1C(=O)O)C(=O)c1ccccc1. The van der Waals surface area contributed by atoms with Crippen LogP contribution in [0.4, 0.5) is 0 Å². The number of carboxylic acids is 1. The summed E-state index contributed by atoms with van der Waals surface area (Å²) in [6, 6.07) is 7.14. The van der Waals surface area contributed by atoms with Crippen LogP contribution in [-0.4, -0.2) is 52.7 Å². The lowest BCUT2D eigenvalue weighted by molar-refractivity contribution is -0.148. The van der Waals surface area contributed by atoms with E-state index in [0.29, 0.717) is 19.4 Å². The van der Waals surface area contributed by atoms with Crippen molar-refractivity contribution in [3.63, 3.8) is 0 Å². The first-order chi connectivity index (χ1) is 10.5. The van der Waals surface area contributed by atoms with Gasteiger partial charge in [-0.1, -0.05) is 30.3 Å². The molecule has 1 saturated heterocycles. The van der Waals surface area contributed by atoms with Crippen molar-refractivity contribution in [2.75, 3.05) is 13.1 Å². The quantitative estimate of drug-likeness (QED) is 0.591. The molecular formula is C15H16N2O5. The lowest BCUT2D eigenvalue weighted by atomic mass is 10.1. The standard InChI is InChI=1S/C15H16N2O5/c18-12(17-8-4-7-11(17)15(21)22)9-16-14(20)13(19)10-5-2-1-3-6-10/h1-3,5-6,11H,4,7-9H2,(H,16,20)(H,21,22)/t11-/m0/s1. The number of carboxylic acid groups (broad SMARTS) is 1. The van der Waals surface area contributed by atoms with E-state index in [1.165, 1.54) is 17.0 Å². The zero-order valence-electron chi connectivity index (χ0n) is 11.8. The molecular weight excluding hydrogens is 288 g/mol. The Bertz CT molecular complexity index is 599. The fraction of sp³-hybridized carbons (Fsp3) is 0.333. The molecule has 1 atom stereocenters. The molecule has 2 amide bonds. The summed E-state index contributed by atoms with van der Waals surface area (Å²) in [5.41, 5.74) is 0.233. The molecule has 1 fully saturated rings. The number of benzene rings is 1. The number of likely N-dealkylation sites (tertiary alicyclic amines) is 1. The van der Waals surface area contributed by atoms with Crippen LogP contribution in [0.25, 0.3) is 0 Å². The molecule has 2 rings (SSSR count). The Morgan fingerprint density at radius 2 is 1.86 bits per heavy atom. The van der Waals surface area contributed by atoms with Crippen molar-refractivity contribution < 1.29 is 24.3 Å². The second kappa shape index (κ2) is 6.84. The van der Waals surface area contributed by atoms with E-state index in [1.807, 2.05) is 0 Å². The van der Waals surface area contributed by atoms with Crippen molar-refractivity contribution in [2.45, 2.75) is 18.9 Å². The van der Waals surface area contributed by atoms with Gasteiger partial charge in [0.15, 0.2) is 0 Å². The Morgan fingerprint density at radius 1 is 1.18 bits per heavy atom. The van der Waals surface area contributed by atoms with Crippen LogP contribution in [0.15, 0.2) is 30.3 Å². The molecule has 1 aliphatic heterocycles. The average Bonchev–Trinajstić information content (AvgIpc) is 3.02. The van der Waals surface area contributed by atoms with Gasteiger partial charge in [-0.25, -0.2) is 4.79 Å². The summed E-state index contributed by atoms with van der Waals surface area (Å²) in [5, 5.41) is 11.3. The smallest absolute Gasteiger partial charge is 0.326 e. The van der Waals surface area contributed by atoms with Gasteiger partial charge >= 0.3 is 5.97 Å². The van der Waals surface area contributed by atoms with Crippen molar-refractivity contribution in [3.05, 3.63) is 35.9 Å². The highest BCUT2D eigenvalue weighted by Crippen LogP contribution is 2.17. The second-order valence-electron chi connectivity index (χ2n) is 4.96. The summed E-state index contributed by atoms with van der Waals surface area (Å²) in [4.78, 5) is 47.7. The van der Waals surface area contributed by atoms with Gasteiger partial charge in [-0.15, -0.1) is 0 Å². The monoisotopic (exact) mass is 304 g/mol. The summed E-state index contributed by atoms with van der Waals surface area (Å²) < 4.78 is 0. The molecule has 0 unspecified atom stereocenters. The summed E-state index contributed by atoms with van der Waals surface area (Å²) in [7, 11) is 0. The minimum Gasteiger partial charge on any atom is -0.480 e. The van der Waals surface area contributed by atoms with Crippen molar-refractivity contribution in [1.29, 1.82) is 0 Å². The summed E-state index contributed by atoms with van der Waals surface area (Å²) in [5.74, 6) is -3.17. The van der Waals surface area contributed by atoms with E-state index >= 15 is 0 Å². The fourth-order valence-electron chi connectivity index (χ4n) is 2.38. The van der Waals surface area contributed by atoms with E-state index < -0.39 is 29.6 Å². The molecule has 116 valence electrons. The Labute approximate surface area is 126 Å². The molecule has 22 heavy (non-hydrogen) atoms. The molecule has 1 aromatic rings. The molecule has 0 saturated carbocycles. The molecule has 0 aromatic heterocycles. The summed E-state index contributed by atoms with van der Waals surface area (Å²) in [6.45, 7) is -0.0422. The minimum absolute atomic E-state index is 0.233. The molecule has 1 aliphatic rings. The van der Waals surface area contributed by atoms with Crippen LogP contribution in [0.5, 0.6) is 0 Å². The second-order valence-corrected chi connectivity index (χ2v) is 4.96. The Balaban J connectivity index is 1.90. The van der Waals surface area contributed by atoms with E-state index in [9.17, 15) is 19.2 Å². The normalized spacial score (nSPS) is 17.1. The van der Waals surface area contributed by atoms with E-state index in [4.69, 9.17) is 5.11 Å². The first kappa shape index (κ1) is 15.7. The summed E-state index contributed by atoms with van der Waals surface area (Å²) >= 11 is 0. The van der Waals surface area contributed by atoms with E-state index in [0.717, 1.165) is 0 Å². The Kier molecular flexibility index (Phi) is 4.88. The van der Waals surface area contributed by atoms with Crippen LogP contribution >= 0.6 is 0 Å². The van der Waals surface area contributed by atoms with Crippen LogP contribution in [0.1, 0.15) is 23.2 Å². The van der Waals surface area contributed by atoms with Crippen molar-refractivity contribution >= 4 is 23.6 Å². The number of carbonyl (C=O) groups excluding carboxylic acids is 3. The molecule has 1 heterocycles. The number of nitrogens with zero attached hydrogens (tertiary/aromatic N) is 1. The lowest BCUT2D eigenvalue weighted by Gasteiger charge is -2.21. The van der Waals surface area contributed by atoms with Gasteiger partial charge in [0.1, 0.15) is 6.04 Å². The van der Waals surface area contributed by atoms with Gasteiger partial charge in [0, 0.05) is 12.1 Å². The van der Waals surface area contributed by atoms with Gasteiger partial charge in [0.05, 0.1) is 6.54 Å². The number of aliphatic carboxylic acids is 1. The van der Waals surface area contributed by atoms with E-state index in [-0.39, 0.29) is 12.1 Å². The molecule has 2 N–H and O–H groups in total. The predicted molar refractivity (Wildman–Crippen MR) is 76.2 cm³/mol. The van der Waals surface area contributed by atoms with E-state index in [2.05, 4.69) is 5.32 Å². The van der Waals surface area contributed by atoms with Gasteiger partial charge in [0.2, 0.25) is 11.7 Å². The van der Waals surface area contributed by atoms with E-state index in [1.54, 1.807) is 18.2 Å². The lowest BCUT2D eigenvalue weighted by Crippen LogP contribution is -2.46. The number of nitrogens with one attached hydrogen (secondary N) is 1. The Hall–Kier alpha value is -2.70. The number of ketones is 1. The van der Waals surface area contributed by atoms with Gasteiger partial charge < -0.3 is 15.3 Å². The van der Waals surface area contributed by atoms with Crippen LogP contribution in [0.2, 0.25) is 0 Å². The number of Topliss-reactive ketones (excluding diaryl/α,β-unsaturated/α-hetero) is 1. The van der Waals surface area contributed by atoms with Gasteiger partial charge in [-0.3, -0.25) is 14.4 Å². The molecule has 1 aromatic carbocycles. The topological polar surface area (TPSA) is 104 Å². The first-order valence-corrected chi connectivity index (χ1v) is 6.90. The van der Waals surface area contributed by atoms with Gasteiger partial charge in [-0.2, -0.15) is 0 Å². The zero-order chi connectivity index (χ0) is 16.1. The largest absolute Gasteiger partial charge is 0.480 e. The highest BCUT2D eigenvalue weighted by atomic mass is 16.4. The molecule has 7 nitrogen and oxygen atoms in total. The number of hydrogen-bond acceptors (Lipinski definition) is 4. The third-order valence-electron chi connectivity index (χ3n) is 3.50. The third kappa shape index (κ3) is 3.49. The average molecular weight is 304 g/mol. The third-order valence-corrected chi connectivity index (χ3v) is 3.50. The number of rotatable bonds is 5. The van der Waals surface area contributed by atoms with Crippen molar-refractivity contribution in [2.24, 2.45) is 0 Å². The predicted octanol–water partition coefficient (Wildman–Crippen LogP) is 0.0611. The Morgan fingerprint density at radius 3 is 2.50 bits per heavy atom. The number of carbonyl (C=O) groups is 4. The van der Waals surface area contributed by atoms with Crippen LogP contribution in [0.3, 0.4) is 0 Å². The number of hydrogen-bond donors (Lipinski definition) is 2. The first-order valence-electron chi connectivity index (χ1n) is 6.90. The molecule has 0 radical (unpaired) electrons. The van der Waals surface area contributed by atoms with Crippen LogP contribution < -0.4 is 5.32 Å². The minimum atomic E-state index is -1.06. The zero-order valence-corrected chi connectivity index (χ0v) is 11.8. The maximum atomic E-state index is 12.0. The van der Waals surface area contributed by atoms with Crippen LogP contribution in [0, 0.1) is 0 Å². The van der Waals surface area contributed by atoms with Crippen molar-refractivity contribution in [1.82, 2.24) is 10.2 Å². The molecule has 7 heteroatoms. The van der Waals surface area contributed by atoms with Crippen molar-refractivity contribution in [3.8, 4) is 0 Å². The molecule has 0 spiro atoms. The van der Waals surface area contributed by atoms with Gasteiger partial charge in [0.25, 0.3) is 5.91 Å². The molecule has 0 aliphatic carbocycles. The highest BCUT2D eigenvalue weighted by molar-refractivity contribution is 6.43. The van der Waals surface area contributed by atoms with Gasteiger partial charge in [-0.05, 0) is 12.8 Å².